The maximum absolute atomic E-state index is 5.19. The summed E-state index contributed by atoms with van der Waals surface area (Å²) < 4.78 is 2.55. The van der Waals surface area contributed by atoms with Gasteiger partial charge in [-0.05, 0) is 42.0 Å². The summed E-state index contributed by atoms with van der Waals surface area (Å²) in [6.45, 7) is 0. The zero-order valence-electron chi connectivity index (χ0n) is 20.9. The predicted octanol–water partition coefficient (Wildman–Crippen LogP) is 9.55. The molecule has 0 saturated carbocycles. The lowest BCUT2D eigenvalue weighted by atomic mass is 9.99. The quantitative estimate of drug-likeness (QED) is 0.220. The first-order valence-electron chi connectivity index (χ1n) is 12.9. The molecule has 8 rings (SSSR count). The van der Waals surface area contributed by atoms with E-state index in [0.29, 0.717) is 0 Å². The molecule has 0 radical (unpaired) electrons. The first-order chi connectivity index (χ1) is 19.3. The van der Waals surface area contributed by atoms with E-state index in [0.717, 1.165) is 49.9 Å². The number of benzene rings is 4. The van der Waals surface area contributed by atoms with Crippen molar-refractivity contribution in [2.24, 2.45) is 0 Å². The van der Waals surface area contributed by atoms with E-state index in [1.54, 1.807) is 0 Å². The highest BCUT2D eigenvalue weighted by Gasteiger charge is 2.14. The van der Waals surface area contributed by atoms with Gasteiger partial charge in [0.15, 0.2) is 0 Å². The Kier molecular flexibility index (Phi) is 5.00. The molecule has 0 bridgehead atoms. The van der Waals surface area contributed by atoms with E-state index in [9.17, 15) is 0 Å². The van der Waals surface area contributed by atoms with E-state index in [1.165, 1.54) is 25.7 Å². The molecule has 4 aromatic carbocycles. The molecule has 4 heterocycles. The smallest absolute Gasteiger partial charge is 0.0972 e. The maximum Gasteiger partial charge on any atom is 0.0972 e. The monoisotopic (exact) mass is 515 g/mol. The zero-order valence-corrected chi connectivity index (χ0v) is 21.7. The van der Waals surface area contributed by atoms with E-state index in [-0.39, 0.29) is 0 Å². The molecular formula is C35H21N3S. The first-order valence-corrected chi connectivity index (χ1v) is 13.8. The summed E-state index contributed by atoms with van der Waals surface area (Å²) in [4.78, 5) is 14.6. The molecule has 0 saturated heterocycles. The average Bonchev–Trinajstić information content (AvgIpc) is 3.39. The Hall–Kier alpha value is -4.93. The van der Waals surface area contributed by atoms with E-state index in [1.807, 2.05) is 48.0 Å². The van der Waals surface area contributed by atoms with Crippen LogP contribution in [0.4, 0.5) is 0 Å². The van der Waals surface area contributed by atoms with E-state index in [2.05, 4.69) is 96.0 Å². The molecule has 0 spiro atoms. The Morgan fingerprint density at radius 2 is 1.23 bits per heavy atom. The van der Waals surface area contributed by atoms with Crippen molar-refractivity contribution in [3.05, 3.63) is 128 Å². The van der Waals surface area contributed by atoms with Crippen LogP contribution in [0.2, 0.25) is 0 Å². The lowest BCUT2D eigenvalue weighted by molar-refractivity contribution is 1.33. The molecule has 0 aliphatic carbocycles. The molecule has 0 aliphatic heterocycles. The highest BCUT2D eigenvalue weighted by atomic mass is 32.1. The predicted molar refractivity (Wildman–Crippen MR) is 164 cm³/mol. The Bertz CT molecular complexity index is 2170. The molecule has 0 unspecified atom stereocenters. The molecule has 4 heteroatoms. The third kappa shape index (κ3) is 3.69. The third-order valence-electron chi connectivity index (χ3n) is 7.35. The highest BCUT2D eigenvalue weighted by Crippen LogP contribution is 2.41. The molecule has 4 aromatic heterocycles. The Labute approximate surface area is 229 Å². The number of pyridine rings is 3. The minimum atomic E-state index is 0.925. The third-order valence-corrected chi connectivity index (χ3v) is 8.49. The summed E-state index contributed by atoms with van der Waals surface area (Å²) in [5.41, 5.74) is 8.29. The van der Waals surface area contributed by atoms with Crippen LogP contribution < -0.4 is 0 Å². The fourth-order valence-corrected chi connectivity index (χ4v) is 6.56. The van der Waals surface area contributed by atoms with Gasteiger partial charge in [0, 0.05) is 60.0 Å². The number of fused-ring (bicyclic) bond motifs is 6. The summed E-state index contributed by atoms with van der Waals surface area (Å²) >= 11 is 1.83. The second kappa shape index (κ2) is 8.83. The fourth-order valence-electron chi connectivity index (χ4n) is 5.45. The van der Waals surface area contributed by atoms with Gasteiger partial charge >= 0.3 is 0 Å². The molecule has 0 amide bonds. The Morgan fingerprint density at radius 1 is 0.513 bits per heavy atom. The van der Waals surface area contributed by atoms with Gasteiger partial charge in [0.1, 0.15) is 0 Å². The van der Waals surface area contributed by atoms with Crippen molar-refractivity contribution in [3.8, 4) is 33.6 Å². The zero-order chi connectivity index (χ0) is 25.8. The van der Waals surface area contributed by atoms with Crippen LogP contribution in [0.25, 0.3) is 75.6 Å². The van der Waals surface area contributed by atoms with Gasteiger partial charge in [-0.1, -0.05) is 78.9 Å². The number of rotatable bonds is 3. The van der Waals surface area contributed by atoms with Crippen molar-refractivity contribution in [2.45, 2.75) is 0 Å². The number of aromatic nitrogens is 3. The molecule has 0 aliphatic rings. The van der Waals surface area contributed by atoms with Gasteiger partial charge < -0.3 is 0 Å². The van der Waals surface area contributed by atoms with Crippen molar-refractivity contribution in [2.75, 3.05) is 0 Å². The average molecular weight is 516 g/mol. The van der Waals surface area contributed by atoms with Crippen LogP contribution in [0.1, 0.15) is 0 Å². The standard InChI is InChI=1S/C35H21N3S/c1-2-6-22(7-3-1)29-16-13-23-11-12-24-14-17-30(38-35(24)34(23)37-29)25-15-18-31-28(20-25)33-27(9-4-10-32(33)39-31)26-8-5-19-36-21-26/h1-21H. The summed E-state index contributed by atoms with van der Waals surface area (Å²) in [5, 5.41) is 4.70. The van der Waals surface area contributed by atoms with Crippen LogP contribution in [0.5, 0.6) is 0 Å². The summed E-state index contributed by atoms with van der Waals surface area (Å²) in [5.74, 6) is 0. The second-order valence-electron chi connectivity index (χ2n) is 9.70. The van der Waals surface area contributed by atoms with Gasteiger partial charge in [-0.2, -0.15) is 0 Å². The van der Waals surface area contributed by atoms with Crippen LogP contribution in [-0.4, -0.2) is 15.0 Å². The Balaban J connectivity index is 1.33. The van der Waals surface area contributed by atoms with Gasteiger partial charge in [0.25, 0.3) is 0 Å². The number of hydrogen-bond acceptors (Lipinski definition) is 4. The van der Waals surface area contributed by atoms with Crippen LogP contribution >= 0.6 is 11.3 Å². The fraction of sp³-hybridized carbons (Fsp3) is 0. The van der Waals surface area contributed by atoms with Gasteiger partial charge in [-0.25, -0.2) is 9.97 Å². The van der Waals surface area contributed by atoms with Crippen molar-refractivity contribution in [1.82, 2.24) is 15.0 Å². The van der Waals surface area contributed by atoms with Crippen molar-refractivity contribution in [3.63, 3.8) is 0 Å². The second-order valence-corrected chi connectivity index (χ2v) is 10.8. The van der Waals surface area contributed by atoms with Crippen molar-refractivity contribution >= 4 is 53.3 Å². The molecule has 0 atom stereocenters. The molecule has 3 nitrogen and oxygen atoms in total. The van der Waals surface area contributed by atoms with E-state index < -0.39 is 0 Å². The topological polar surface area (TPSA) is 38.7 Å². The van der Waals surface area contributed by atoms with Crippen LogP contribution in [0.15, 0.2) is 128 Å². The van der Waals surface area contributed by atoms with Crippen LogP contribution in [-0.2, 0) is 0 Å². The molecule has 0 fully saturated rings. The summed E-state index contributed by atoms with van der Waals surface area (Å²) in [6.07, 6.45) is 3.76. The first kappa shape index (κ1) is 22.1. The van der Waals surface area contributed by atoms with Crippen LogP contribution in [0.3, 0.4) is 0 Å². The molecule has 8 aromatic rings. The van der Waals surface area contributed by atoms with Crippen molar-refractivity contribution < 1.29 is 0 Å². The number of nitrogens with zero attached hydrogens (tertiary/aromatic N) is 3. The molecule has 182 valence electrons. The highest BCUT2D eigenvalue weighted by molar-refractivity contribution is 7.26. The largest absolute Gasteiger partial charge is 0.264 e. The lowest BCUT2D eigenvalue weighted by Gasteiger charge is -2.09. The number of thiophene rings is 1. The lowest BCUT2D eigenvalue weighted by Crippen LogP contribution is -1.91. The van der Waals surface area contributed by atoms with Gasteiger partial charge in [0.05, 0.1) is 22.4 Å². The van der Waals surface area contributed by atoms with Gasteiger partial charge in [-0.3, -0.25) is 4.98 Å². The minimum absolute atomic E-state index is 0.925. The van der Waals surface area contributed by atoms with Gasteiger partial charge in [-0.15, -0.1) is 11.3 Å². The Morgan fingerprint density at radius 3 is 1.97 bits per heavy atom. The van der Waals surface area contributed by atoms with Crippen molar-refractivity contribution in [1.29, 1.82) is 0 Å². The SMILES string of the molecule is c1ccc(-c2ccc3ccc4ccc(-c5ccc6sc7cccc(-c8cccnc8)c7c6c5)nc4c3n2)cc1. The van der Waals surface area contributed by atoms with E-state index >= 15 is 0 Å². The van der Waals surface area contributed by atoms with Crippen LogP contribution in [0, 0.1) is 0 Å². The molecule has 0 N–H and O–H groups in total. The van der Waals surface area contributed by atoms with E-state index in [4.69, 9.17) is 9.97 Å². The summed E-state index contributed by atoms with van der Waals surface area (Å²) in [6, 6.07) is 40.4. The normalized spacial score (nSPS) is 11.6. The maximum atomic E-state index is 5.19. The van der Waals surface area contributed by atoms with Gasteiger partial charge in [0.2, 0.25) is 0 Å². The molecule has 39 heavy (non-hydrogen) atoms. The number of hydrogen-bond donors (Lipinski definition) is 0. The summed E-state index contributed by atoms with van der Waals surface area (Å²) in [7, 11) is 0. The minimum Gasteiger partial charge on any atom is -0.264 e. The molecular weight excluding hydrogens is 494 g/mol.